The molecule has 0 saturated carbocycles. The summed E-state index contributed by atoms with van der Waals surface area (Å²) in [5, 5.41) is 0. The molecule has 5 aliphatic rings. The Kier molecular flexibility index (Phi) is 22.2. The van der Waals surface area contributed by atoms with Crippen LogP contribution in [-0.2, 0) is 0 Å². The minimum Gasteiger partial charge on any atom is -0.368 e. The van der Waals surface area contributed by atoms with Crippen molar-refractivity contribution in [1.82, 2.24) is 34.4 Å². The summed E-state index contributed by atoms with van der Waals surface area (Å²) in [6.07, 6.45) is 15.1. The molecule has 0 aliphatic carbocycles. The van der Waals surface area contributed by atoms with E-state index in [1.165, 1.54) is 123 Å². The van der Waals surface area contributed by atoms with Gasteiger partial charge in [-0.05, 0) is 132 Å². The van der Waals surface area contributed by atoms with E-state index in [2.05, 4.69) is 87.6 Å². The highest BCUT2D eigenvalue weighted by molar-refractivity contribution is 5.43. The van der Waals surface area contributed by atoms with Crippen molar-refractivity contribution in [1.29, 1.82) is 0 Å². The van der Waals surface area contributed by atoms with E-state index in [-0.39, 0.29) is 7.43 Å². The molecule has 8 nitrogen and oxygen atoms in total. The number of aromatic nitrogens is 1. The third-order valence-corrected chi connectivity index (χ3v) is 8.73. The molecule has 0 amide bonds. The van der Waals surface area contributed by atoms with Gasteiger partial charge in [-0.3, -0.25) is 4.98 Å². The number of hydrogen-bond acceptors (Lipinski definition) is 8. The lowest BCUT2D eigenvalue weighted by molar-refractivity contribution is 0.181. The van der Waals surface area contributed by atoms with Crippen LogP contribution in [0.1, 0.15) is 58.8 Å². The van der Waals surface area contributed by atoms with Crippen LogP contribution in [0.5, 0.6) is 0 Å². The molecule has 8 heteroatoms. The topological polar surface area (TPSA) is 35.6 Å². The van der Waals surface area contributed by atoms with Crippen molar-refractivity contribution in [2.24, 2.45) is 0 Å². The van der Waals surface area contributed by atoms with E-state index in [1.54, 1.807) is 0 Å². The molecule has 5 saturated heterocycles. The van der Waals surface area contributed by atoms with E-state index in [0.717, 1.165) is 26.2 Å². The number of piperidine rings is 2. The highest BCUT2D eigenvalue weighted by Gasteiger charge is 2.13. The van der Waals surface area contributed by atoms with Crippen LogP contribution in [0.4, 0.5) is 5.69 Å². The smallest absolute Gasteiger partial charge is 0.0553 e. The van der Waals surface area contributed by atoms with Gasteiger partial charge >= 0.3 is 0 Å². The summed E-state index contributed by atoms with van der Waals surface area (Å²) in [4.78, 5) is 20.7. The van der Waals surface area contributed by atoms with Gasteiger partial charge in [-0.2, -0.15) is 0 Å². The van der Waals surface area contributed by atoms with Gasteiger partial charge in [0.1, 0.15) is 0 Å². The van der Waals surface area contributed by atoms with Gasteiger partial charge in [0.15, 0.2) is 0 Å². The van der Waals surface area contributed by atoms with E-state index in [4.69, 9.17) is 0 Å². The Morgan fingerprint density at radius 1 is 0.429 bits per heavy atom. The summed E-state index contributed by atoms with van der Waals surface area (Å²) in [6, 6.07) is 4.12. The summed E-state index contributed by atoms with van der Waals surface area (Å²) in [7, 11) is 13.1. The van der Waals surface area contributed by atoms with Gasteiger partial charge in [0.25, 0.3) is 0 Å². The molecule has 0 bridgehead atoms. The van der Waals surface area contributed by atoms with E-state index in [0.29, 0.717) is 0 Å². The molecule has 1 aromatic rings. The van der Waals surface area contributed by atoms with Crippen LogP contribution in [0.2, 0.25) is 0 Å². The third-order valence-electron chi connectivity index (χ3n) is 8.73. The van der Waals surface area contributed by atoms with E-state index in [1.807, 2.05) is 18.5 Å². The van der Waals surface area contributed by atoms with Crippen molar-refractivity contribution in [3.63, 3.8) is 0 Å². The Hall–Kier alpha value is -1.29. The average Bonchev–Trinajstić information content (AvgIpc) is 3.48. The monoisotopic (exact) mass is 591 g/mol. The number of anilines is 1. The highest BCUT2D eigenvalue weighted by Crippen LogP contribution is 2.13. The van der Waals surface area contributed by atoms with Crippen molar-refractivity contribution >= 4 is 5.69 Å². The molecule has 0 N–H and O–H groups in total. The normalized spacial score (nSPS) is 23.0. The Morgan fingerprint density at radius 2 is 0.738 bits per heavy atom. The minimum atomic E-state index is 0. The molecule has 1 aromatic heterocycles. The molecule has 6 heterocycles. The SMILES string of the molecule is C.CN1CCCC1.CN1CCCCC1.CN1CCCCC1.CN1CCN(C)CC1.CN1CCN(c2cccnc2)CC1. The Morgan fingerprint density at radius 3 is 1.00 bits per heavy atom. The molecule has 5 aliphatic heterocycles. The maximum absolute atomic E-state index is 4.12. The number of hydrogen-bond donors (Lipinski definition) is 0. The number of likely N-dealkylation sites (tertiary alicyclic amines) is 3. The lowest BCUT2D eigenvalue weighted by atomic mass is 10.1. The van der Waals surface area contributed by atoms with Crippen LogP contribution in [0.15, 0.2) is 24.5 Å². The number of pyridine rings is 1. The molecule has 0 spiro atoms. The van der Waals surface area contributed by atoms with Crippen LogP contribution in [0, 0.1) is 0 Å². The largest absolute Gasteiger partial charge is 0.368 e. The Labute approximate surface area is 262 Å². The van der Waals surface area contributed by atoms with Crippen LogP contribution in [0.25, 0.3) is 0 Å². The van der Waals surface area contributed by atoms with Gasteiger partial charge in [0.2, 0.25) is 0 Å². The fourth-order valence-electron chi connectivity index (χ4n) is 5.49. The lowest BCUT2D eigenvalue weighted by Gasteiger charge is -2.33. The first-order valence-electron chi connectivity index (χ1n) is 16.6. The van der Waals surface area contributed by atoms with E-state index in [9.17, 15) is 0 Å². The zero-order valence-corrected chi connectivity index (χ0v) is 27.9. The maximum atomic E-state index is 4.12. The standard InChI is InChI=1S/C10H15N3.C6H14N2.2C6H13N.C5H11N.CH4/c1-12-5-7-13(8-6-12)10-3-2-4-11-9-10;1-7-3-5-8(2)6-4-7;2*1-7-5-3-2-4-6-7;1-6-4-2-3-5-6;/h2-4,9H,5-8H2,1H3;3-6H2,1-2H3;2*2-6H2,1H3;2-5H2,1H3;1H4. The summed E-state index contributed by atoms with van der Waals surface area (Å²) >= 11 is 0. The summed E-state index contributed by atoms with van der Waals surface area (Å²) in [5.41, 5.74) is 1.25. The second-order valence-corrected chi connectivity index (χ2v) is 12.8. The van der Waals surface area contributed by atoms with Gasteiger partial charge < -0.3 is 34.3 Å². The molecule has 0 radical (unpaired) electrons. The van der Waals surface area contributed by atoms with Crippen molar-refractivity contribution in [3.05, 3.63) is 24.5 Å². The van der Waals surface area contributed by atoms with E-state index >= 15 is 0 Å². The predicted molar refractivity (Wildman–Crippen MR) is 185 cm³/mol. The number of piperazine rings is 2. The second-order valence-electron chi connectivity index (χ2n) is 12.8. The summed E-state index contributed by atoms with van der Waals surface area (Å²) in [6.45, 7) is 17.4. The average molecular weight is 591 g/mol. The van der Waals surface area contributed by atoms with Crippen molar-refractivity contribution in [3.8, 4) is 0 Å². The highest BCUT2D eigenvalue weighted by atomic mass is 15.3. The first-order valence-corrected chi connectivity index (χ1v) is 16.6. The number of nitrogens with zero attached hydrogens (tertiary/aromatic N) is 8. The first-order chi connectivity index (χ1) is 19.8. The van der Waals surface area contributed by atoms with Gasteiger partial charge in [-0.1, -0.05) is 20.3 Å². The zero-order valence-electron chi connectivity index (χ0n) is 27.9. The maximum Gasteiger partial charge on any atom is 0.0553 e. The fourth-order valence-corrected chi connectivity index (χ4v) is 5.49. The lowest BCUT2D eigenvalue weighted by Crippen LogP contribution is -2.44. The first kappa shape index (κ1) is 38.7. The van der Waals surface area contributed by atoms with Crippen LogP contribution < -0.4 is 4.90 Å². The van der Waals surface area contributed by atoms with Crippen molar-refractivity contribution in [2.75, 3.05) is 139 Å². The molecule has 0 unspecified atom stereocenters. The van der Waals surface area contributed by atoms with Crippen molar-refractivity contribution < 1.29 is 0 Å². The predicted octanol–water partition coefficient (Wildman–Crippen LogP) is 4.25. The third kappa shape index (κ3) is 19.1. The second kappa shape index (κ2) is 24.1. The van der Waals surface area contributed by atoms with Gasteiger partial charge in [-0.25, -0.2) is 0 Å². The number of rotatable bonds is 1. The minimum absolute atomic E-state index is 0. The molecular formula is C34H70N8. The summed E-state index contributed by atoms with van der Waals surface area (Å²) < 4.78 is 0. The molecule has 42 heavy (non-hydrogen) atoms. The Bertz CT molecular complexity index is 676. The van der Waals surface area contributed by atoms with Crippen LogP contribution >= 0.6 is 0 Å². The molecular weight excluding hydrogens is 520 g/mol. The van der Waals surface area contributed by atoms with Crippen LogP contribution in [-0.4, -0.2) is 168 Å². The Balaban J connectivity index is 0.000000270. The van der Waals surface area contributed by atoms with Crippen molar-refractivity contribution in [2.45, 2.75) is 58.8 Å². The van der Waals surface area contributed by atoms with Gasteiger partial charge in [0.05, 0.1) is 11.9 Å². The zero-order chi connectivity index (χ0) is 29.7. The molecule has 6 rings (SSSR count). The molecule has 5 fully saturated rings. The molecule has 246 valence electrons. The molecule has 0 aromatic carbocycles. The van der Waals surface area contributed by atoms with Gasteiger partial charge in [-0.15, -0.1) is 0 Å². The van der Waals surface area contributed by atoms with Crippen LogP contribution in [0.3, 0.4) is 0 Å². The van der Waals surface area contributed by atoms with E-state index < -0.39 is 0 Å². The molecule has 0 atom stereocenters. The van der Waals surface area contributed by atoms with Gasteiger partial charge in [0, 0.05) is 58.6 Å². The quantitative estimate of drug-likeness (QED) is 0.481. The fraction of sp³-hybridized carbons (Fsp3) is 0.853. The number of likely N-dealkylation sites (N-methyl/N-ethyl adjacent to an activating group) is 3. The summed E-state index contributed by atoms with van der Waals surface area (Å²) in [5.74, 6) is 0.